The third-order valence-electron chi connectivity index (χ3n) is 2.81. The Kier molecular flexibility index (Phi) is 3.70. The number of carbonyl (C=O) groups is 1. The lowest BCUT2D eigenvalue weighted by atomic mass is 10.1. The molecule has 2 rings (SSSR count). The lowest BCUT2D eigenvalue weighted by Crippen LogP contribution is -2.00. The lowest BCUT2D eigenvalue weighted by Gasteiger charge is -2.01. The van der Waals surface area contributed by atoms with Crippen LogP contribution in [0.25, 0.3) is 0 Å². The molecule has 0 amide bonds. The van der Waals surface area contributed by atoms with E-state index in [2.05, 4.69) is 29.4 Å². The summed E-state index contributed by atoms with van der Waals surface area (Å²) in [6.07, 6.45) is 4.74. The first-order chi connectivity index (χ1) is 8.29. The molecule has 0 aliphatic carbocycles. The molecule has 0 atom stereocenters. The highest BCUT2D eigenvalue weighted by Gasteiger charge is 2.02. The molecule has 0 radical (unpaired) electrons. The largest absolute Gasteiger partial charge is 0.298 e. The molecule has 0 N–H and O–H groups in total. The van der Waals surface area contributed by atoms with Gasteiger partial charge in [-0.2, -0.15) is 5.10 Å². The number of aldehydes is 1. The van der Waals surface area contributed by atoms with Crippen molar-refractivity contribution in [1.82, 2.24) is 9.78 Å². The highest BCUT2D eigenvalue weighted by Crippen LogP contribution is 2.06. The molecule has 88 valence electrons. The Morgan fingerprint density at radius 3 is 2.71 bits per heavy atom. The monoisotopic (exact) mass is 228 g/mol. The topological polar surface area (TPSA) is 34.9 Å². The first-order valence-corrected chi connectivity index (χ1v) is 5.83. The van der Waals surface area contributed by atoms with Crippen LogP contribution in [0.5, 0.6) is 0 Å². The second kappa shape index (κ2) is 5.43. The van der Waals surface area contributed by atoms with Crippen LogP contribution < -0.4 is 0 Å². The molecule has 0 bridgehead atoms. The van der Waals surface area contributed by atoms with Gasteiger partial charge in [0.2, 0.25) is 0 Å². The second-order valence-corrected chi connectivity index (χ2v) is 4.14. The molecule has 0 fully saturated rings. The molecular formula is C14H16N2O. The van der Waals surface area contributed by atoms with Crippen LogP contribution >= 0.6 is 0 Å². The predicted octanol–water partition coefficient (Wildman–Crippen LogP) is 2.64. The third-order valence-corrected chi connectivity index (χ3v) is 2.81. The van der Waals surface area contributed by atoms with Gasteiger partial charge in [0.1, 0.15) is 0 Å². The van der Waals surface area contributed by atoms with E-state index >= 15 is 0 Å². The van der Waals surface area contributed by atoms with E-state index in [0.717, 1.165) is 31.4 Å². The summed E-state index contributed by atoms with van der Waals surface area (Å²) in [5, 5.41) is 4.30. The summed E-state index contributed by atoms with van der Waals surface area (Å²) in [6.45, 7) is 2.71. The highest BCUT2D eigenvalue weighted by molar-refractivity contribution is 5.75. The number of carbonyl (C=O) groups excluding carboxylic acids is 1. The van der Waals surface area contributed by atoms with E-state index in [4.69, 9.17) is 0 Å². The van der Waals surface area contributed by atoms with E-state index in [1.165, 1.54) is 5.56 Å². The van der Waals surface area contributed by atoms with Crippen LogP contribution in [0, 0.1) is 6.92 Å². The first kappa shape index (κ1) is 11.6. The van der Waals surface area contributed by atoms with Gasteiger partial charge in [-0.05, 0) is 25.3 Å². The Morgan fingerprint density at radius 1 is 1.29 bits per heavy atom. The van der Waals surface area contributed by atoms with E-state index < -0.39 is 0 Å². The molecule has 3 heteroatoms. The molecule has 0 spiro atoms. The van der Waals surface area contributed by atoms with Crippen LogP contribution in [0.3, 0.4) is 0 Å². The molecule has 0 unspecified atom stereocenters. The van der Waals surface area contributed by atoms with Gasteiger partial charge in [0.05, 0.1) is 11.3 Å². The van der Waals surface area contributed by atoms with E-state index in [1.807, 2.05) is 23.9 Å². The molecule has 0 aliphatic rings. The first-order valence-electron chi connectivity index (χ1n) is 5.83. The Bertz CT molecular complexity index is 488. The van der Waals surface area contributed by atoms with Crippen molar-refractivity contribution in [3.05, 3.63) is 53.3 Å². The summed E-state index contributed by atoms with van der Waals surface area (Å²) in [4.78, 5) is 10.7. The molecule has 0 aliphatic heterocycles. The van der Waals surface area contributed by atoms with Gasteiger partial charge >= 0.3 is 0 Å². The summed E-state index contributed by atoms with van der Waals surface area (Å²) in [7, 11) is 0. The van der Waals surface area contributed by atoms with Gasteiger partial charge in [-0.25, -0.2) is 0 Å². The van der Waals surface area contributed by atoms with Crippen LogP contribution in [-0.4, -0.2) is 16.1 Å². The van der Waals surface area contributed by atoms with Crippen LogP contribution in [0.15, 0.2) is 36.5 Å². The van der Waals surface area contributed by atoms with E-state index in [9.17, 15) is 4.79 Å². The zero-order chi connectivity index (χ0) is 12.1. The van der Waals surface area contributed by atoms with Crippen molar-refractivity contribution in [3.63, 3.8) is 0 Å². The Morgan fingerprint density at radius 2 is 2.06 bits per heavy atom. The Labute approximate surface area is 101 Å². The van der Waals surface area contributed by atoms with Crippen molar-refractivity contribution in [2.45, 2.75) is 26.3 Å². The quantitative estimate of drug-likeness (QED) is 0.737. The van der Waals surface area contributed by atoms with Crippen LogP contribution in [0.4, 0.5) is 0 Å². The summed E-state index contributed by atoms with van der Waals surface area (Å²) in [5.41, 5.74) is 2.83. The maximum atomic E-state index is 10.7. The number of hydrogen-bond acceptors (Lipinski definition) is 2. The summed E-state index contributed by atoms with van der Waals surface area (Å²) < 4.78 is 1.85. The minimum absolute atomic E-state index is 0.685. The maximum absolute atomic E-state index is 10.7. The van der Waals surface area contributed by atoms with Crippen molar-refractivity contribution < 1.29 is 4.79 Å². The number of rotatable bonds is 5. The van der Waals surface area contributed by atoms with Gasteiger partial charge in [0, 0.05) is 12.7 Å². The minimum atomic E-state index is 0.685. The standard InChI is InChI=1S/C14H16N2O/c1-12-14(11-17)10-16(15-12)9-5-8-13-6-3-2-4-7-13/h2-4,6-7,10-11H,5,8-9H2,1H3. The molecule has 1 heterocycles. The fraction of sp³-hybridized carbons (Fsp3) is 0.286. The number of aromatic nitrogens is 2. The Hall–Kier alpha value is -1.90. The predicted molar refractivity (Wildman–Crippen MR) is 67.1 cm³/mol. The highest BCUT2D eigenvalue weighted by atomic mass is 16.1. The molecule has 0 saturated heterocycles. The van der Waals surface area contributed by atoms with Crippen molar-refractivity contribution in [2.24, 2.45) is 0 Å². The zero-order valence-electron chi connectivity index (χ0n) is 9.97. The number of benzene rings is 1. The fourth-order valence-electron chi connectivity index (χ4n) is 1.85. The molecule has 1 aromatic heterocycles. The van der Waals surface area contributed by atoms with Crippen molar-refractivity contribution >= 4 is 6.29 Å². The van der Waals surface area contributed by atoms with Gasteiger partial charge in [-0.1, -0.05) is 30.3 Å². The fourth-order valence-corrected chi connectivity index (χ4v) is 1.85. The van der Waals surface area contributed by atoms with E-state index in [1.54, 1.807) is 0 Å². The molecule has 3 nitrogen and oxygen atoms in total. The van der Waals surface area contributed by atoms with E-state index in [-0.39, 0.29) is 0 Å². The molecule has 0 saturated carbocycles. The maximum Gasteiger partial charge on any atom is 0.153 e. The lowest BCUT2D eigenvalue weighted by molar-refractivity contribution is 0.112. The second-order valence-electron chi connectivity index (χ2n) is 4.14. The molecule has 17 heavy (non-hydrogen) atoms. The van der Waals surface area contributed by atoms with Gasteiger partial charge < -0.3 is 0 Å². The smallest absolute Gasteiger partial charge is 0.153 e. The SMILES string of the molecule is Cc1nn(CCCc2ccccc2)cc1C=O. The van der Waals surface area contributed by atoms with Crippen molar-refractivity contribution in [2.75, 3.05) is 0 Å². The van der Waals surface area contributed by atoms with Crippen LogP contribution in [-0.2, 0) is 13.0 Å². The molecule has 1 aromatic carbocycles. The van der Waals surface area contributed by atoms with Crippen molar-refractivity contribution in [3.8, 4) is 0 Å². The molecular weight excluding hydrogens is 212 g/mol. The Balaban J connectivity index is 1.88. The summed E-state index contributed by atoms with van der Waals surface area (Å²) in [6, 6.07) is 10.4. The number of hydrogen-bond donors (Lipinski definition) is 0. The normalized spacial score (nSPS) is 10.4. The average molecular weight is 228 g/mol. The number of nitrogens with zero attached hydrogens (tertiary/aromatic N) is 2. The number of aryl methyl sites for hydroxylation is 3. The average Bonchev–Trinajstić information content (AvgIpc) is 2.71. The summed E-state index contributed by atoms with van der Waals surface area (Å²) in [5.74, 6) is 0. The van der Waals surface area contributed by atoms with Gasteiger partial charge in [0.25, 0.3) is 0 Å². The molecule has 2 aromatic rings. The van der Waals surface area contributed by atoms with Crippen LogP contribution in [0.2, 0.25) is 0 Å². The van der Waals surface area contributed by atoms with Gasteiger partial charge in [-0.3, -0.25) is 9.48 Å². The minimum Gasteiger partial charge on any atom is -0.298 e. The van der Waals surface area contributed by atoms with Gasteiger partial charge in [-0.15, -0.1) is 0 Å². The van der Waals surface area contributed by atoms with Gasteiger partial charge in [0.15, 0.2) is 6.29 Å². The zero-order valence-corrected chi connectivity index (χ0v) is 9.97. The summed E-state index contributed by atoms with van der Waals surface area (Å²) >= 11 is 0. The van der Waals surface area contributed by atoms with E-state index in [0.29, 0.717) is 5.56 Å². The van der Waals surface area contributed by atoms with Crippen molar-refractivity contribution in [1.29, 1.82) is 0 Å². The third kappa shape index (κ3) is 3.03. The van der Waals surface area contributed by atoms with Crippen LogP contribution in [0.1, 0.15) is 28.0 Å².